The largest absolute Gasteiger partial charge is 0.330 e. The van der Waals surface area contributed by atoms with E-state index >= 15 is 0 Å². The van der Waals surface area contributed by atoms with Crippen LogP contribution in [0.2, 0.25) is 0 Å². The molecule has 0 aliphatic carbocycles. The summed E-state index contributed by atoms with van der Waals surface area (Å²) in [6, 6.07) is 15.3. The number of hydrogen-bond acceptors (Lipinski definition) is 5. The van der Waals surface area contributed by atoms with Crippen LogP contribution >= 0.6 is 11.8 Å². The van der Waals surface area contributed by atoms with Gasteiger partial charge in [-0.25, -0.2) is 0 Å². The third kappa shape index (κ3) is 4.38. The second-order valence-corrected chi connectivity index (χ2v) is 9.02. The van der Waals surface area contributed by atoms with Crippen LogP contribution in [0.4, 0.5) is 5.69 Å². The lowest BCUT2D eigenvalue weighted by Gasteiger charge is -2.24. The van der Waals surface area contributed by atoms with Gasteiger partial charge in [-0.1, -0.05) is 42.5 Å². The Hall–Kier alpha value is -3.20. The van der Waals surface area contributed by atoms with Crippen LogP contribution in [0.3, 0.4) is 0 Å². The van der Waals surface area contributed by atoms with Crippen molar-refractivity contribution in [3.8, 4) is 0 Å². The number of nitrogens with zero attached hydrogens (tertiary/aromatic N) is 3. The number of para-hydroxylation sites is 1. The summed E-state index contributed by atoms with van der Waals surface area (Å²) in [5, 5.41) is 0. The lowest BCUT2D eigenvalue weighted by Crippen LogP contribution is -2.43. The van der Waals surface area contributed by atoms with E-state index < -0.39 is 11.9 Å². The predicted octanol–water partition coefficient (Wildman–Crippen LogP) is 2.29. The van der Waals surface area contributed by atoms with E-state index in [2.05, 4.69) is 12.1 Å². The van der Waals surface area contributed by atoms with Crippen LogP contribution in [-0.2, 0) is 15.3 Å². The number of benzene rings is 2. The Kier molecular flexibility index (Phi) is 6.55. The van der Waals surface area contributed by atoms with Crippen LogP contribution in [0.15, 0.2) is 54.6 Å². The number of rotatable bonds is 7. The second-order valence-electron chi connectivity index (χ2n) is 7.92. The van der Waals surface area contributed by atoms with E-state index in [9.17, 15) is 19.3 Å². The lowest BCUT2D eigenvalue weighted by atomic mass is 10.1. The molecule has 0 saturated carbocycles. The topological polar surface area (TPSA) is 104 Å². The number of Topliss-reactive ketones (excluding diaryl/α,β-unsaturated/α-hetero) is 1. The predicted molar refractivity (Wildman–Crippen MR) is 121 cm³/mol. The number of carbonyl (C=O) groups excluding carboxylic acids is 3. The van der Waals surface area contributed by atoms with Gasteiger partial charge in [-0.15, -0.1) is 0 Å². The third-order valence-electron chi connectivity index (χ3n) is 5.95. The fourth-order valence-corrected chi connectivity index (χ4v) is 5.33. The van der Waals surface area contributed by atoms with Gasteiger partial charge >= 0.3 is 5.69 Å². The lowest BCUT2D eigenvalue weighted by molar-refractivity contribution is -0.474. The van der Waals surface area contributed by atoms with Crippen molar-refractivity contribution in [3.05, 3.63) is 70.6 Å². The third-order valence-corrected chi connectivity index (χ3v) is 6.98. The highest BCUT2D eigenvalue weighted by molar-refractivity contribution is 7.98. The fraction of sp³-hybridized carbons (Fsp3) is 0.348. The summed E-state index contributed by atoms with van der Waals surface area (Å²) < 4.78 is 0. The van der Waals surface area contributed by atoms with Crippen LogP contribution in [0.25, 0.3) is 0 Å². The number of nitrogens with two attached hydrogens (primary N) is 1. The average molecular weight is 454 g/mol. The molecule has 0 radical (unpaired) electrons. The van der Waals surface area contributed by atoms with E-state index in [0.29, 0.717) is 25.1 Å². The Balaban J connectivity index is 1.38. The van der Waals surface area contributed by atoms with Gasteiger partial charge in [-0.3, -0.25) is 14.4 Å². The maximum atomic E-state index is 13.1. The first-order chi connectivity index (χ1) is 15.5. The molecule has 0 aromatic heterocycles. The van der Waals surface area contributed by atoms with E-state index in [1.807, 2.05) is 18.2 Å². The summed E-state index contributed by atoms with van der Waals surface area (Å²) in [6.07, 6.45) is 0.889. The van der Waals surface area contributed by atoms with Crippen molar-refractivity contribution in [1.82, 2.24) is 9.80 Å². The van der Waals surface area contributed by atoms with Crippen LogP contribution < -0.4 is 5.84 Å². The smallest absolute Gasteiger partial charge is 0.304 e. The van der Waals surface area contributed by atoms with Crippen molar-refractivity contribution in [2.24, 2.45) is 5.84 Å². The highest BCUT2D eigenvalue weighted by atomic mass is 32.2. The van der Waals surface area contributed by atoms with E-state index in [4.69, 9.17) is 5.84 Å². The molecule has 2 aliphatic rings. The van der Waals surface area contributed by atoms with Crippen LogP contribution in [0, 0.1) is 4.91 Å². The maximum absolute atomic E-state index is 13.1. The van der Waals surface area contributed by atoms with E-state index in [-0.39, 0.29) is 40.4 Å². The monoisotopic (exact) mass is 453 g/mol. The summed E-state index contributed by atoms with van der Waals surface area (Å²) in [7, 11) is 0. The van der Waals surface area contributed by atoms with Crippen molar-refractivity contribution in [2.75, 3.05) is 18.8 Å². The van der Waals surface area contributed by atoms with Gasteiger partial charge in [0.05, 0.1) is 17.5 Å². The Morgan fingerprint density at radius 2 is 1.78 bits per heavy atom. The molecule has 8 nitrogen and oxygen atoms in total. The van der Waals surface area contributed by atoms with Gasteiger partial charge in [0.1, 0.15) is 11.6 Å². The molecule has 0 bridgehead atoms. The minimum atomic E-state index is -0.612. The Labute approximate surface area is 190 Å². The van der Waals surface area contributed by atoms with Gasteiger partial charge in [0.25, 0.3) is 5.91 Å². The van der Waals surface area contributed by atoms with Gasteiger partial charge < -0.3 is 9.80 Å². The number of nitroso groups, excluding NO2 is 1. The summed E-state index contributed by atoms with van der Waals surface area (Å²) in [6.45, 7) is 0.373. The molecule has 2 atom stereocenters. The SMILES string of the molecule is N[N+](=O)c1ccccc1C(=O)N1CC(=O)C2C1CCN2C(=O)CCSCc1ccccc1. The highest BCUT2D eigenvalue weighted by Crippen LogP contribution is 2.32. The van der Waals surface area contributed by atoms with Gasteiger partial charge in [0.15, 0.2) is 10.7 Å². The molecule has 0 spiro atoms. The number of likely N-dealkylation sites (tertiary alicyclic amines) is 2. The molecule has 4 rings (SSSR count). The van der Waals surface area contributed by atoms with Gasteiger partial charge in [-0.2, -0.15) is 17.6 Å². The first kappa shape index (κ1) is 22.0. The molecule has 2 amide bonds. The molecule has 9 heteroatoms. The zero-order valence-corrected chi connectivity index (χ0v) is 18.4. The molecule has 2 N–H and O–H groups in total. The number of thioether (sulfide) groups is 1. The molecular formula is C23H25N4O4S+. The minimum Gasteiger partial charge on any atom is -0.330 e. The summed E-state index contributed by atoms with van der Waals surface area (Å²) in [5.41, 5.74) is 1.41. The number of fused-ring (bicyclic) bond motifs is 1. The first-order valence-corrected chi connectivity index (χ1v) is 11.7. The normalized spacial score (nSPS) is 19.8. The Bertz CT molecular complexity index is 1050. The van der Waals surface area contributed by atoms with Crippen LogP contribution in [0.1, 0.15) is 28.8 Å². The number of hydrazine groups is 1. The van der Waals surface area contributed by atoms with Crippen molar-refractivity contribution < 1.29 is 19.3 Å². The molecule has 2 aliphatic heterocycles. The molecule has 2 aromatic carbocycles. The van der Waals surface area contributed by atoms with Crippen molar-refractivity contribution in [3.63, 3.8) is 0 Å². The number of hydrogen-bond donors (Lipinski definition) is 1. The van der Waals surface area contributed by atoms with Gasteiger partial charge in [0.2, 0.25) is 5.91 Å². The molecular weight excluding hydrogens is 428 g/mol. The number of ketones is 1. The van der Waals surface area contributed by atoms with Gasteiger partial charge in [0, 0.05) is 30.5 Å². The minimum absolute atomic E-state index is 0.0507. The maximum Gasteiger partial charge on any atom is 0.304 e. The molecule has 32 heavy (non-hydrogen) atoms. The Morgan fingerprint density at radius 3 is 2.53 bits per heavy atom. The summed E-state index contributed by atoms with van der Waals surface area (Å²) in [5.74, 6) is 6.21. The zero-order chi connectivity index (χ0) is 22.7. The number of carbonyl (C=O) groups is 3. The molecule has 2 heterocycles. The molecule has 2 saturated heterocycles. The first-order valence-electron chi connectivity index (χ1n) is 10.5. The van der Waals surface area contributed by atoms with Crippen molar-refractivity contribution in [2.45, 2.75) is 30.7 Å². The average Bonchev–Trinajstić information content (AvgIpc) is 3.38. The molecule has 2 aromatic rings. The standard InChI is InChI=1S/C23H25N4O4S/c24-27(31)18-9-5-4-8-17(18)23(30)26-14-20(28)22-19(26)10-12-25(22)21(29)11-13-32-15-16-6-2-1-3-7-16/h1-9,19,22H,10-15H2,(H2,24,31)/q+1. The highest BCUT2D eigenvalue weighted by Gasteiger charge is 2.51. The van der Waals surface area contributed by atoms with E-state index in [0.717, 1.165) is 5.75 Å². The van der Waals surface area contributed by atoms with Crippen molar-refractivity contribution >= 4 is 35.0 Å². The van der Waals surface area contributed by atoms with E-state index in [1.54, 1.807) is 28.8 Å². The molecule has 166 valence electrons. The van der Waals surface area contributed by atoms with Crippen LogP contribution in [0.5, 0.6) is 0 Å². The second kappa shape index (κ2) is 9.52. The zero-order valence-electron chi connectivity index (χ0n) is 17.6. The molecule has 2 fully saturated rings. The Morgan fingerprint density at radius 1 is 1.06 bits per heavy atom. The fourth-order valence-electron chi connectivity index (χ4n) is 4.44. The van der Waals surface area contributed by atoms with E-state index in [1.165, 1.54) is 22.6 Å². The van der Waals surface area contributed by atoms with Crippen LogP contribution in [-0.4, -0.2) is 63.2 Å². The van der Waals surface area contributed by atoms with Crippen molar-refractivity contribution in [1.29, 1.82) is 0 Å². The number of amides is 2. The molecule has 2 unspecified atom stereocenters. The summed E-state index contributed by atoms with van der Waals surface area (Å²) >= 11 is 1.68. The quantitative estimate of drug-likeness (QED) is 0.299. The van der Waals surface area contributed by atoms with Gasteiger partial charge in [-0.05, 0) is 18.1 Å². The summed E-state index contributed by atoms with van der Waals surface area (Å²) in [4.78, 5) is 53.6.